The molecule has 0 radical (unpaired) electrons. The summed E-state index contributed by atoms with van der Waals surface area (Å²) in [6.45, 7) is 4.06. The molecule has 1 aliphatic rings. The van der Waals surface area contributed by atoms with Crippen LogP contribution in [0.15, 0.2) is 23.9 Å². The van der Waals surface area contributed by atoms with E-state index in [-0.39, 0.29) is 12.2 Å². The summed E-state index contributed by atoms with van der Waals surface area (Å²) >= 11 is 0. The number of hydrogen-bond donors (Lipinski definition) is 1. The Morgan fingerprint density at radius 3 is 2.91 bits per heavy atom. The summed E-state index contributed by atoms with van der Waals surface area (Å²) in [7, 11) is 0. The van der Waals surface area contributed by atoms with Crippen LogP contribution in [0, 0.1) is 0 Å². The maximum atomic E-state index is 5.63. The molecule has 11 heavy (non-hydrogen) atoms. The van der Waals surface area contributed by atoms with Gasteiger partial charge in [-0.1, -0.05) is 12.2 Å². The van der Waals surface area contributed by atoms with E-state index in [1.807, 2.05) is 32.1 Å². The number of nitrogens with two attached hydrogens (primary N) is 1. The lowest BCUT2D eigenvalue weighted by molar-refractivity contribution is 0.0352. The SMILES string of the molecule is CC(C)OC1C=CC=C(N)C1. The van der Waals surface area contributed by atoms with E-state index in [2.05, 4.69) is 0 Å². The third-order valence-corrected chi connectivity index (χ3v) is 1.52. The van der Waals surface area contributed by atoms with Crippen LogP contribution in [0.25, 0.3) is 0 Å². The van der Waals surface area contributed by atoms with E-state index in [1.165, 1.54) is 0 Å². The quantitative estimate of drug-likeness (QED) is 0.653. The highest BCUT2D eigenvalue weighted by Gasteiger charge is 2.10. The minimum atomic E-state index is 0.181. The number of allylic oxidation sites excluding steroid dienone is 2. The van der Waals surface area contributed by atoms with Crippen molar-refractivity contribution in [2.45, 2.75) is 32.5 Å². The van der Waals surface area contributed by atoms with Gasteiger partial charge in [-0.05, 0) is 19.9 Å². The van der Waals surface area contributed by atoms with Crippen LogP contribution in [-0.2, 0) is 4.74 Å². The van der Waals surface area contributed by atoms with Gasteiger partial charge in [-0.2, -0.15) is 0 Å². The summed E-state index contributed by atoms with van der Waals surface area (Å²) in [5.41, 5.74) is 6.53. The molecular weight excluding hydrogens is 138 g/mol. The largest absolute Gasteiger partial charge is 0.402 e. The number of ether oxygens (including phenoxy) is 1. The van der Waals surface area contributed by atoms with Crippen molar-refractivity contribution in [3.05, 3.63) is 23.9 Å². The van der Waals surface area contributed by atoms with E-state index in [0.29, 0.717) is 0 Å². The van der Waals surface area contributed by atoms with Crippen LogP contribution in [0.1, 0.15) is 20.3 Å². The van der Waals surface area contributed by atoms with Crippen LogP contribution in [0.4, 0.5) is 0 Å². The first kappa shape index (κ1) is 8.34. The Kier molecular flexibility index (Phi) is 2.71. The van der Waals surface area contributed by atoms with E-state index < -0.39 is 0 Å². The van der Waals surface area contributed by atoms with Gasteiger partial charge in [0, 0.05) is 12.1 Å². The highest BCUT2D eigenvalue weighted by Crippen LogP contribution is 2.12. The number of hydrogen-bond acceptors (Lipinski definition) is 2. The zero-order valence-corrected chi connectivity index (χ0v) is 7.08. The molecule has 1 unspecified atom stereocenters. The molecule has 0 bridgehead atoms. The lowest BCUT2D eigenvalue weighted by atomic mass is 10.1. The van der Waals surface area contributed by atoms with Crippen molar-refractivity contribution < 1.29 is 4.74 Å². The van der Waals surface area contributed by atoms with Crippen molar-refractivity contribution in [3.8, 4) is 0 Å². The van der Waals surface area contributed by atoms with Gasteiger partial charge in [0.2, 0.25) is 0 Å². The summed E-state index contributed by atoms with van der Waals surface area (Å²) in [5.74, 6) is 0. The topological polar surface area (TPSA) is 35.2 Å². The molecule has 0 aromatic heterocycles. The normalized spacial score (nSPS) is 23.9. The lowest BCUT2D eigenvalue weighted by Crippen LogP contribution is -2.20. The monoisotopic (exact) mass is 153 g/mol. The second-order valence-electron chi connectivity index (χ2n) is 3.05. The Hall–Kier alpha value is -0.760. The summed E-state index contributed by atoms with van der Waals surface area (Å²) in [5, 5.41) is 0. The number of rotatable bonds is 2. The van der Waals surface area contributed by atoms with Crippen LogP contribution in [0.3, 0.4) is 0 Å². The Bertz CT molecular complexity index is 182. The average Bonchev–Trinajstić information content (AvgIpc) is 1.85. The Morgan fingerprint density at radius 2 is 2.36 bits per heavy atom. The third kappa shape index (κ3) is 2.76. The first-order valence-corrected chi connectivity index (χ1v) is 3.97. The van der Waals surface area contributed by atoms with Crippen LogP contribution in [-0.4, -0.2) is 12.2 Å². The first-order valence-electron chi connectivity index (χ1n) is 3.97. The maximum absolute atomic E-state index is 5.63. The summed E-state index contributed by atoms with van der Waals surface area (Å²) in [6, 6.07) is 0. The fraction of sp³-hybridized carbons (Fsp3) is 0.556. The van der Waals surface area contributed by atoms with Crippen LogP contribution in [0.2, 0.25) is 0 Å². The van der Waals surface area contributed by atoms with Gasteiger partial charge in [-0.3, -0.25) is 0 Å². The Morgan fingerprint density at radius 1 is 1.64 bits per heavy atom. The van der Waals surface area contributed by atoms with Crippen molar-refractivity contribution in [2.75, 3.05) is 0 Å². The molecule has 62 valence electrons. The standard InChI is InChI=1S/C9H15NO/c1-7(2)11-9-5-3-4-8(10)6-9/h3-5,7,9H,6,10H2,1-2H3. The molecule has 0 amide bonds. The van der Waals surface area contributed by atoms with Crippen LogP contribution in [0.5, 0.6) is 0 Å². The van der Waals surface area contributed by atoms with Crippen molar-refractivity contribution in [2.24, 2.45) is 5.73 Å². The Labute approximate surface area is 67.7 Å². The molecule has 0 saturated heterocycles. The van der Waals surface area contributed by atoms with Gasteiger partial charge in [0.1, 0.15) is 0 Å². The van der Waals surface area contributed by atoms with Crippen molar-refractivity contribution in [3.63, 3.8) is 0 Å². The minimum absolute atomic E-state index is 0.181. The molecule has 0 aromatic rings. The van der Waals surface area contributed by atoms with Gasteiger partial charge in [-0.15, -0.1) is 0 Å². The van der Waals surface area contributed by atoms with Crippen LogP contribution >= 0.6 is 0 Å². The highest BCUT2D eigenvalue weighted by atomic mass is 16.5. The first-order chi connectivity index (χ1) is 5.18. The summed E-state index contributed by atoms with van der Waals surface area (Å²) < 4.78 is 5.55. The molecule has 1 aliphatic carbocycles. The summed E-state index contributed by atoms with van der Waals surface area (Å²) in [4.78, 5) is 0. The third-order valence-electron chi connectivity index (χ3n) is 1.52. The molecule has 1 rings (SSSR count). The van der Waals surface area contributed by atoms with Gasteiger partial charge >= 0.3 is 0 Å². The molecule has 1 atom stereocenters. The van der Waals surface area contributed by atoms with E-state index in [1.54, 1.807) is 0 Å². The Balaban J connectivity index is 2.40. The molecule has 0 aromatic carbocycles. The smallest absolute Gasteiger partial charge is 0.0816 e. The second-order valence-corrected chi connectivity index (χ2v) is 3.05. The molecule has 0 spiro atoms. The van der Waals surface area contributed by atoms with Gasteiger partial charge < -0.3 is 10.5 Å². The van der Waals surface area contributed by atoms with Gasteiger partial charge in [-0.25, -0.2) is 0 Å². The molecule has 2 N–H and O–H groups in total. The molecular formula is C9H15NO. The van der Waals surface area contributed by atoms with E-state index >= 15 is 0 Å². The zero-order chi connectivity index (χ0) is 8.27. The van der Waals surface area contributed by atoms with Crippen molar-refractivity contribution >= 4 is 0 Å². The maximum Gasteiger partial charge on any atom is 0.0816 e. The second kappa shape index (κ2) is 3.58. The zero-order valence-electron chi connectivity index (χ0n) is 7.08. The molecule has 0 aliphatic heterocycles. The molecule has 0 saturated carbocycles. The molecule has 0 heterocycles. The molecule has 0 fully saturated rings. The predicted molar refractivity (Wildman–Crippen MR) is 46.0 cm³/mol. The molecule has 2 heteroatoms. The fourth-order valence-corrected chi connectivity index (χ4v) is 1.11. The van der Waals surface area contributed by atoms with E-state index in [9.17, 15) is 0 Å². The van der Waals surface area contributed by atoms with E-state index in [0.717, 1.165) is 12.1 Å². The predicted octanol–water partition coefficient (Wildman–Crippen LogP) is 1.58. The van der Waals surface area contributed by atoms with Crippen LogP contribution < -0.4 is 5.73 Å². The average molecular weight is 153 g/mol. The fourth-order valence-electron chi connectivity index (χ4n) is 1.11. The van der Waals surface area contributed by atoms with Crippen molar-refractivity contribution in [1.82, 2.24) is 0 Å². The van der Waals surface area contributed by atoms with Gasteiger partial charge in [0.05, 0.1) is 12.2 Å². The minimum Gasteiger partial charge on any atom is -0.402 e. The van der Waals surface area contributed by atoms with Gasteiger partial charge in [0.15, 0.2) is 0 Å². The lowest BCUT2D eigenvalue weighted by Gasteiger charge is -2.19. The van der Waals surface area contributed by atoms with E-state index in [4.69, 9.17) is 10.5 Å². The highest BCUT2D eigenvalue weighted by molar-refractivity contribution is 5.18. The van der Waals surface area contributed by atoms with Crippen molar-refractivity contribution in [1.29, 1.82) is 0 Å². The molecule has 2 nitrogen and oxygen atoms in total. The summed E-state index contributed by atoms with van der Waals surface area (Å²) in [6.07, 6.45) is 7.19. The van der Waals surface area contributed by atoms with Gasteiger partial charge in [0.25, 0.3) is 0 Å².